The maximum Gasteiger partial charge on any atom is 0.191 e. The number of hydrogen-bond acceptors (Lipinski definition) is 5. The molecule has 2 rings (SSSR count). The van der Waals surface area contributed by atoms with Crippen LogP contribution in [-0.2, 0) is 6.54 Å². The third-order valence-corrected chi connectivity index (χ3v) is 2.34. The summed E-state index contributed by atoms with van der Waals surface area (Å²) in [6, 6.07) is 7.05. The number of aliphatic imine (C=N–C) groups is 1. The number of aromatic hydroxyl groups is 1. The van der Waals surface area contributed by atoms with Gasteiger partial charge in [-0.15, -0.1) is 17.0 Å². The monoisotopic (exact) mass is 301 g/mol. The van der Waals surface area contributed by atoms with Crippen LogP contribution in [0.25, 0.3) is 0 Å². The Bertz CT molecular complexity index is 398. The summed E-state index contributed by atoms with van der Waals surface area (Å²) in [6.45, 7) is 1.54. The zero-order valence-corrected chi connectivity index (χ0v) is 11.0. The van der Waals surface area contributed by atoms with E-state index in [2.05, 4.69) is 15.6 Å². The summed E-state index contributed by atoms with van der Waals surface area (Å²) >= 11 is 0. The molecule has 0 radical (unpaired) electrons. The summed E-state index contributed by atoms with van der Waals surface area (Å²) in [7, 11) is 0. The van der Waals surface area contributed by atoms with Gasteiger partial charge in [0.1, 0.15) is 5.75 Å². The van der Waals surface area contributed by atoms with Crippen molar-refractivity contribution in [3.63, 3.8) is 0 Å². The van der Waals surface area contributed by atoms with Crippen LogP contribution in [0.2, 0.25) is 0 Å². The Morgan fingerprint density at radius 1 is 1.47 bits per heavy atom. The quantitative estimate of drug-likeness (QED) is 0.637. The first-order valence-electron chi connectivity index (χ1n) is 5.22. The third kappa shape index (κ3) is 4.24. The van der Waals surface area contributed by atoms with Gasteiger partial charge >= 0.3 is 0 Å². The van der Waals surface area contributed by atoms with E-state index in [4.69, 9.17) is 0 Å². The molecule has 6 heteroatoms. The van der Waals surface area contributed by atoms with Crippen molar-refractivity contribution >= 4 is 22.9 Å². The molecule has 0 aromatic heterocycles. The molecular weight excluding hydrogens is 286 g/mol. The van der Waals surface area contributed by atoms with Crippen molar-refractivity contribution in [2.24, 2.45) is 4.99 Å². The highest BCUT2D eigenvalue weighted by Gasteiger charge is 2.10. The van der Waals surface area contributed by atoms with Crippen LogP contribution in [0.15, 0.2) is 29.3 Å². The Morgan fingerprint density at radius 3 is 2.94 bits per heavy atom. The summed E-state index contributed by atoms with van der Waals surface area (Å²) in [5, 5.41) is 24.6. The number of phenolic OH excluding ortho intramolecular Hbond substituents is 1. The molecular formula is C11H16BrN3O2. The van der Waals surface area contributed by atoms with Gasteiger partial charge in [0, 0.05) is 13.1 Å². The third-order valence-electron chi connectivity index (χ3n) is 2.34. The van der Waals surface area contributed by atoms with Crippen LogP contribution in [0.1, 0.15) is 5.56 Å². The first kappa shape index (κ1) is 13.8. The minimum Gasteiger partial charge on any atom is -0.508 e. The Kier molecular flexibility index (Phi) is 5.24. The van der Waals surface area contributed by atoms with Gasteiger partial charge in [-0.3, -0.25) is 4.99 Å². The number of nitrogens with one attached hydrogen (secondary N) is 2. The molecule has 0 aliphatic carbocycles. The van der Waals surface area contributed by atoms with E-state index in [9.17, 15) is 10.2 Å². The highest BCUT2D eigenvalue weighted by Crippen LogP contribution is 2.10. The minimum atomic E-state index is -0.397. The number of rotatable bonds is 2. The Balaban J connectivity index is 0.00000144. The maximum atomic E-state index is 9.28. The number of nitrogens with zero attached hydrogens (tertiary/aromatic N) is 1. The first-order chi connectivity index (χ1) is 7.74. The fourth-order valence-corrected chi connectivity index (χ4v) is 1.50. The molecule has 17 heavy (non-hydrogen) atoms. The van der Waals surface area contributed by atoms with Crippen LogP contribution in [0.3, 0.4) is 0 Å². The van der Waals surface area contributed by atoms with E-state index in [0.717, 1.165) is 5.56 Å². The second-order valence-corrected chi connectivity index (χ2v) is 3.75. The van der Waals surface area contributed by atoms with E-state index < -0.39 is 6.10 Å². The van der Waals surface area contributed by atoms with Crippen LogP contribution >= 0.6 is 17.0 Å². The molecule has 1 atom stereocenters. The van der Waals surface area contributed by atoms with Crippen molar-refractivity contribution < 1.29 is 10.2 Å². The van der Waals surface area contributed by atoms with Gasteiger partial charge in [0.15, 0.2) is 5.96 Å². The molecule has 0 spiro atoms. The number of β-amino-alcohol motifs (C(OH)–C–C–N with tert-alkyl or cyclic N) is 1. The fourth-order valence-electron chi connectivity index (χ4n) is 1.50. The second-order valence-electron chi connectivity index (χ2n) is 3.75. The standard InChI is InChI=1S/C11H15N3O2.BrH/c15-9-3-1-2-8(4-9)5-12-11-13-6-10(16)7-14-11;/h1-4,10,15-16H,5-7H2,(H2,12,13,14);1H. The zero-order chi connectivity index (χ0) is 11.4. The number of benzene rings is 1. The largest absolute Gasteiger partial charge is 0.508 e. The molecule has 0 saturated heterocycles. The van der Waals surface area contributed by atoms with Crippen LogP contribution in [0.5, 0.6) is 5.75 Å². The number of hydrogen-bond donors (Lipinski definition) is 4. The minimum absolute atomic E-state index is 0. The van der Waals surface area contributed by atoms with E-state index in [1.165, 1.54) is 0 Å². The van der Waals surface area contributed by atoms with Crippen molar-refractivity contribution in [2.45, 2.75) is 12.6 Å². The highest BCUT2D eigenvalue weighted by atomic mass is 79.9. The van der Waals surface area contributed by atoms with Crippen molar-refractivity contribution in [2.75, 3.05) is 13.1 Å². The lowest BCUT2D eigenvalue weighted by Crippen LogP contribution is -2.45. The van der Waals surface area contributed by atoms with E-state index >= 15 is 0 Å². The van der Waals surface area contributed by atoms with Crippen molar-refractivity contribution in [1.29, 1.82) is 0 Å². The molecule has 1 aromatic carbocycles. The van der Waals surface area contributed by atoms with Crippen LogP contribution in [0, 0.1) is 0 Å². The van der Waals surface area contributed by atoms with E-state index in [1.54, 1.807) is 18.2 Å². The molecule has 0 fully saturated rings. The van der Waals surface area contributed by atoms with Crippen LogP contribution in [0.4, 0.5) is 0 Å². The van der Waals surface area contributed by atoms with Gasteiger partial charge in [-0.25, -0.2) is 0 Å². The molecule has 94 valence electrons. The van der Waals surface area contributed by atoms with Gasteiger partial charge in [0.05, 0.1) is 12.6 Å². The number of phenols is 1. The second kappa shape index (κ2) is 6.46. The lowest BCUT2D eigenvalue weighted by molar-refractivity contribution is 0.180. The Labute approximate surface area is 110 Å². The van der Waals surface area contributed by atoms with Crippen molar-refractivity contribution in [3.05, 3.63) is 29.8 Å². The van der Waals surface area contributed by atoms with Crippen molar-refractivity contribution in [3.8, 4) is 5.75 Å². The summed E-state index contributed by atoms with van der Waals surface area (Å²) in [5.74, 6) is 0.946. The highest BCUT2D eigenvalue weighted by molar-refractivity contribution is 8.93. The summed E-state index contributed by atoms with van der Waals surface area (Å²) in [4.78, 5) is 4.13. The van der Waals surface area contributed by atoms with E-state index in [-0.39, 0.29) is 22.7 Å². The average molecular weight is 302 g/mol. The normalized spacial score (nSPS) is 18.6. The maximum absolute atomic E-state index is 9.28. The zero-order valence-electron chi connectivity index (χ0n) is 9.26. The van der Waals surface area contributed by atoms with E-state index in [0.29, 0.717) is 25.6 Å². The lowest BCUT2D eigenvalue weighted by atomic mass is 10.2. The van der Waals surface area contributed by atoms with Crippen LogP contribution < -0.4 is 10.6 Å². The molecule has 1 aliphatic rings. The van der Waals surface area contributed by atoms with Gasteiger partial charge in [0.25, 0.3) is 0 Å². The number of guanidine groups is 1. The average Bonchev–Trinajstić information content (AvgIpc) is 2.28. The molecule has 0 saturated carbocycles. The van der Waals surface area contributed by atoms with Gasteiger partial charge in [0.2, 0.25) is 0 Å². The van der Waals surface area contributed by atoms with E-state index in [1.807, 2.05) is 6.07 Å². The predicted molar refractivity (Wildman–Crippen MR) is 71.6 cm³/mol. The summed E-state index contributed by atoms with van der Waals surface area (Å²) in [5.41, 5.74) is 0.982. The smallest absolute Gasteiger partial charge is 0.191 e. The predicted octanol–water partition coefficient (Wildman–Crippen LogP) is 0.380. The van der Waals surface area contributed by atoms with Crippen molar-refractivity contribution in [1.82, 2.24) is 10.6 Å². The number of halogens is 1. The van der Waals surface area contributed by atoms with Gasteiger partial charge in [-0.05, 0) is 17.7 Å². The Hall–Kier alpha value is -1.27. The first-order valence-corrected chi connectivity index (χ1v) is 5.22. The van der Waals surface area contributed by atoms with Gasteiger partial charge in [-0.1, -0.05) is 12.1 Å². The summed E-state index contributed by atoms with van der Waals surface area (Å²) < 4.78 is 0. The number of aliphatic hydroxyl groups is 1. The molecule has 1 aromatic rings. The topological polar surface area (TPSA) is 76.9 Å². The molecule has 4 N–H and O–H groups in total. The summed E-state index contributed by atoms with van der Waals surface area (Å²) in [6.07, 6.45) is -0.397. The van der Waals surface area contributed by atoms with Gasteiger partial charge < -0.3 is 20.8 Å². The SMILES string of the molecule is Br.Oc1cccc(CNC2=NCC(O)CN2)c1. The molecule has 5 nitrogen and oxygen atoms in total. The molecule has 1 unspecified atom stereocenters. The molecule has 0 amide bonds. The molecule has 1 aliphatic heterocycles. The Morgan fingerprint density at radius 2 is 2.29 bits per heavy atom. The lowest BCUT2D eigenvalue weighted by Gasteiger charge is -2.19. The molecule has 1 heterocycles. The number of aliphatic hydroxyl groups excluding tert-OH is 1. The van der Waals surface area contributed by atoms with Crippen LogP contribution in [-0.4, -0.2) is 35.4 Å². The van der Waals surface area contributed by atoms with Gasteiger partial charge in [-0.2, -0.15) is 0 Å². The molecule has 0 bridgehead atoms. The fraction of sp³-hybridized carbons (Fsp3) is 0.364.